The molecule has 1 atom stereocenters. The van der Waals surface area contributed by atoms with Crippen LogP contribution >= 0.6 is 11.6 Å². The fourth-order valence-electron chi connectivity index (χ4n) is 2.50. The van der Waals surface area contributed by atoms with Crippen molar-refractivity contribution >= 4 is 23.6 Å². The lowest BCUT2D eigenvalue weighted by atomic mass is 10.1. The Hall–Kier alpha value is -2.50. The Kier molecular flexibility index (Phi) is 5.58. The van der Waals surface area contributed by atoms with Gasteiger partial charge in [-0.2, -0.15) is 0 Å². The van der Waals surface area contributed by atoms with E-state index in [1.54, 1.807) is 19.3 Å². The molecule has 1 aliphatic heterocycles. The van der Waals surface area contributed by atoms with E-state index in [4.69, 9.17) is 25.8 Å². The largest absolute Gasteiger partial charge is 0.454 e. The lowest BCUT2D eigenvalue weighted by Crippen LogP contribution is -2.27. The Morgan fingerprint density at radius 3 is 2.88 bits per heavy atom. The number of methoxy groups -OCH3 is 1. The van der Waals surface area contributed by atoms with Gasteiger partial charge in [0.25, 0.3) is 0 Å². The fourth-order valence-corrected chi connectivity index (χ4v) is 2.75. The summed E-state index contributed by atoms with van der Waals surface area (Å²) in [6.07, 6.45) is 2.88. The molecule has 2 aromatic carbocycles. The number of rotatable bonds is 6. The van der Waals surface area contributed by atoms with Crippen molar-refractivity contribution in [2.24, 2.45) is 0 Å². The fraction of sp³-hybridized carbons (Fsp3) is 0.211. The van der Waals surface area contributed by atoms with Crippen molar-refractivity contribution in [1.82, 2.24) is 5.32 Å². The minimum atomic E-state index is -0.309. The van der Waals surface area contributed by atoms with E-state index in [1.807, 2.05) is 36.4 Å². The maximum Gasteiger partial charge on any atom is 0.244 e. The van der Waals surface area contributed by atoms with Crippen LogP contribution in [-0.2, 0) is 9.53 Å². The van der Waals surface area contributed by atoms with Gasteiger partial charge in [0, 0.05) is 30.3 Å². The van der Waals surface area contributed by atoms with Crippen molar-refractivity contribution < 1.29 is 19.0 Å². The molecule has 0 saturated carbocycles. The van der Waals surface area contributed by atoms with Gasteiger partial charge in [0.05, 0.1) is 0 Å². The molecule has 5 nitrogen and oxygen atoms in total. The molecule has 0 aromatic heterocycles. The van der Waals surface area contributed by atoms with Crippen molar-refractivity contribution in [3.63, 3.8) is 0 Å². The highest BCUT2D eigenvalue weighted by Crippen LogP contribution is 2.32. The molecule has 1 amide bonds. The lowest BCUT2D eigenvalue weighted by Gasteiger charge is -2.17. The van der Waals surface area contributed by atoms with E-state index in [0.717, 1.165) is 11.1 Å². The highest BCUT2D eigenvalue weighted by molar-refractivity contribution is 6.31. The lowest BCUT2D eigenvalue weighted by molar-refractivity contribution is -0.117. The first-order valence-corrected chi connectivity index (χ1v) is 8.18. The highest BCUT2D eigenvalue weighted by atomic mass is 35.5. The summed E-state index contributed by atoms with van der Waals surface area (Å²) < 4.78 is 16.0. The molecular formula is C19H18ClNO4. The minimum Gasteiger partial charge on any atom is -0.454 e. The Morgan fingerprint density at radius 1 is 1.28 bits per heavy atom. The number of hydrogen-bond acceptors (Lipinski definition) is 4. The van der Waals surface area contributed by atoms with Crippen molar-refractivity contribution in [3.05, 3.63) is 64.7 Å². The van der Waals surface area contributed by atoms with Crippen LogP contribution in [0.2, 0.25) is 5.02 Å². The molecule has 0 radical (unpaired) electrons. The smallest absolute Gasteiger partial charge is 0.244 e. The van der Waals surface area contributed by atoms with Gasteiger partial charge < -0.3 is 19.5 Å². The molecule has 1 unspecified atom stereocenters. The SMILES string of the molecule is COC(CNC(=O)/C=C/c1ccc2c(c1)OCO2)c1ccccc1Cl. The number of carbonyl (C=O) groups excluding carboxylic acids is 1. The second kappa shape index (κ2) is 8.05. The van der Waals surface area contributed by atoms with E-state index in [-0.39, 0.29) is 18.8 Å². The van der Waals surface area contributed by atoms with Crippen LogP contribution in [0.3, 0.4) is 0 Å². The zero-order valence-electron chi connectivity index (χ0n) is 13.7. The average molecular weight is 360 g/mol. The standard InChI is InChI=1S/C19H18ClNO4/c1-23-18(14-4-2-3-5-15(14)20)11-21-19(22)9-7-13-6-8-16-17(10-13)25-12-24-16/h2-10,18H,11-12H2,1H3,(H,21,22)/b9-7+. The molecule has 0 saturated heterocycles. The zero-order chi connectivity index (χ0) is 17.6. The molecule has 1 N–H and O–H groups in total. The molecule has 0 bridgehead atoms. The van der Waals surface area contributed by atoms with E-state index in [2.05, 4.69) is 5.32 Å². The minimum absolute atomic E-state index is 0.216. The molecule has 130 valence electrons. The van der Waals surface area contributed by atoms with Gasteiger partial charge >= 0.3 is 0 Å². The van der Waals surface area contributed by atoms with Crippen LogP contribution < -0.4 is 14.8 Å². The third-order valence-corrected chi connectivity index (χ3v) is 4.17. The van der Waals surface area contributed by atoms with E-state index < -0.39 is 0 Å². The molecule has 3 rings (SSSR count). The molecule has 1 heterocycles. The van der Waals surface area contributed by atoms with E-state index in [0.29, 0.717) is 23.1 Å². The van der Waals surface area contributed by atoms with E-state index in [9.17, 15) is 4.79 Å². The number of ether oxygens (including phenoxy) is 3. The number of benzene rings is 2. The Balaban J connectivity index is 1.58. The number of carbonyl (C=O) groups is 1. The van der Waals surface area contributed by atoms with Gasteiger partial charge in [0.1, 0.15) is 6.10 Å². The van der Waals surface area contributed by atoms with Gasteiger partial charge in [-0.1, -0.05) is 35.9 Å². The summed E-state index contributed by atoms with van der Waals surface area (Å²) in [5.41, 5.74) is 1.69. The van der Waals surface area contributed by atoms with Crippen molar-refractivity contribution in [3.8, 4) is 11.5 Å². The molecule has 2 aromatic rings. The zero-order valence-corrected chi connectivity index (χ0v) is 14.5. The molecular weight excluding hydrogens is 342 g/mol. The second-order valence-electron chi connectivity index (χ2n) is 5.44. The average Bonchev–Trinajstić information content (AvgIpc) is 3.09. The number of nitrogens with one attached hydrogen (secondary N) is 1. The third-order valence-electron chi connectivity index (χ3n) is 3.82. The molecule has 0 aliphatic carbocycles. The monoisotopic (exact) mass is 359 g/mol. The van der Waals surface area contributed by atoms with Crippen LogP contribution in [0.4, 0.5) is 0 Å². The number of hydrogen-bond donors (Lipinski definition) is 1. The van der Waals surface area contributed by atoms with Crippen LogP contribution in [-0.4, -0.2) is 26.4 Å². The maximum atomic E-state index is 12.0. The number of fused-ring (bicyclic) bond motifs is 1. The first-order chi connectivity index (χ1) is 12.2. The third kappa shape index (κ3) is 4.32. The Labute approximate surface area is 151 Å². The molecule has 0 fully saturated rings. The van der Waals surface area contributed by atoms with Gasteiger partial charge in [-0.15, -0.1) is 0 Å². The van der Waals surface area contributed by atoms with Crippen molar-refractivity contribution in [2.45, 2.75) is 6.10 Å². The quantitative estimate of drug-likeness (QED) is 0.801. The molecule has 1 aliphatic rings. The normalized spacial score (nSPS) is 13.8. The second-order valence-corrected chi connectivity index (χ2v) is 5.84. The van der Waals surface area contributed by atoms with Gasteiger partial charge in [-0.25, -0.2) is 0 Å². The van der Waals surface area contributed by atoms with Gasteiger partial charge in [0.2, 0.25) is 12.7 Å². The summed E-state index contributed by atoms with van der Waals surface area (Å²) in [4.78, 5) is 12.0. The Bertz CT molecular complexity index is 791. The topological polar surface area (TPSA) is 56.8 Å². The van der Waals surface area contributed by atoms with Crippen LogP contribution in [0.15, 0.2) is 48.5 Å². The van der Waals surface area contributed by atoms with Crippen molar-refractivity contribution in [2.75, 3.05) is 20.4 Å². The summed E-state index contributed by atoms with van der Waals surface area (Å²) in [6, 6.07) is 12.9. The van der Waals surface area contributed by atoms with Crippen molar-refractivity contribution in [1.29, 1.82) is 0 Å². The van der Waals surface area contributed by atoms with Gasteiger partial charge in [-0.05, 0) is 29.8 Å². The summed E-state index contributed by atoms with van der Waals surface area (Å²) in [5, 5.41) is 3.43. The van der Waals surface area contributed by atoms with E-state index >= 15 is 0 Å². The number of halogens is 1. The summed E-state index contributed by atoms with van der Waals surface area (Å²) in [6.45, 7) is 0.550. The maximum absolute atomic E-state index is 12.0. The first-order valence-electron chi connectivity index (χ1n) is 7.80. The highest BCUT2D eigenvalue weighted by Gasteiger charge is 2.14. The Morgan fingerprint density at radius 2 is 2.08 bits per heavy atom. The first kappa shape index (κ1) is 17.3. The predicted octanol–water partition coefficient (Wildman–Crippen LogP) is 3.59. The molecule has 25 heavy (non-hydrogen) atoms. The summed E-state index contributed by atoms with van der Waals surface area (Å²) >= 11 is 6.17. The molecule has 6 heteroatoms. The van der Waals surface area contributed by atoms with E-state index in [1.165, 1.54) is 6.08 Å². The summed E-state index contributed by atoms with van der Waals surface area (Å²) in [7, 11) is 1.59. The number of amides is 1. The predicted molar refractivity (Wildman–Crippen MR) is 95.8 cm³/mol. The van der Waals surface area contributed by atoms with Gasteiger partial charge in [-0.3, -0.25) is 4.79 Å². The van der Waals surface area contributed by atoms with Crippen LogP contribution in [0.5, 0.6) is 11.5 Å². The summed E-state index contributed by atoms with van der Waals surface area (Å²) in [5.74, 6) is 1.18. The van der Waals surface area contributed by atoms with Crippen LogP contribution in [0.25, 0.3) is 6.08 Å². The van der Waals surface area contributed by atoms with Crippen LogP contribution in [0, 0.1) is 0 Å². The van der Waals surface area contributed by atoms with Crippen LogP contribution in [0.1, 0.15) is 17.2 Å². The molecule has 0 spiro atoms. The van der Waals surface area contributed by atoms with Gasteiger partial charge in [0.15, 0.2) is 11.5 Å².